The van der Waals surface area contributed by atoms with Crippen molar-refractivity contribution in [1.82, 2.24) is 0 Å². The number of anilines is 1. The molecule has 0 aromatic heterocycles. The molecule has 0 fully saturated rings. The summed E-state index contributed by atoms with van der Waals surface area (Å²) in [6, 6.07) is 5.83. The van der Waals surface area contributed by atoms with Gasteiger partial charge in [-0.15, -0.1) is 0 Å². The van der Waals surface area contributed by atoms with E-state index >= 15 is 0 Å². The molecule has 1 aromatic rings. The Kier molecular flexibility index (Phi) is 3.07. The summed E-state index contributed by atoms with van der Waals surface area (Å²) in [4.78, 5) is 13.9. The Morgan fingerprint density at radius 1 is 1.53 bits per heavy atom. The van der Waals surface area contributed by atoms with Gasteiger partial charge in [0.15, 0.2) is 6.10 Å². The molecule has 17 heavy (non-hydrogen) atoms. The number of carbonyl (C=O) groups excluding carboxylic acids is 1. The second-order valence-electron chi connectivity index (χ2n) is 4.52. The van der Waals surface area contributed by atoms with Gasteiger partial charge in [-0.1, -0.05) is 6.07 Å². The SMILES string of the molecule is Cc1ccc2c(c1)OC(C)C(=O)N2C(C)CN. The smallest absolute Gasteiger partial charge is 0.268 e. The predicted molar refractivity (Wildman–Crippen MR) is 67.3 cm³/mol. The molecule has 1 heterocycles. The number of rotatable bonds is 2. The van der Waals surface area contributed by atoms with Gasteiger partial charge in [0.1, 0.15) is 5.75 Å². The number of ether oxygens (including phenoxy) is 1. The van der Waals surface area contributed by atoms with Crippen LogP contribution in [0.2, 0.25) is 0 Å². The molecule has 4 nitrogen and oxygen atoms in total. The maximum Gasteiger partial charge on any atom is 0.268 e. The van der Waals surface area contributed by atoms with Gasteiger partial charge in [0.2, 0.25) is 0 Å². The quantitative estimate of drug-likeness (QED) is 0.842. The summed E-state index contributed by atoms with van der Waals surface area (Å²) in [7, 11) is 0. The number of aryl methyl sites for hydroxylation is 1. The van der Waals surface area contributed by atoms with Crippen molar-refractivity contribution in [2.75, 3.05) is 11.4 Å². The zero-order chi connectivity index (χ0) is 12.6. The first-order valence-corrected chi connectivity index (χ1v) is 5.85. The van der Waals surface area contributed by atoms with Gasteiger partial charge in [-0.05, 0) is 38.5 Å². The van der Waals surface area contributed by atoms with Crippen LogP contribution >= 0.6 is 0 Å². The lowest BCUT2D eigenvalue weighted by molar-refractivity contribution is -0.126. The van der Waals surface area contributed by atoms with Gasteiger partial charge in [-0.25, -0.2) is 0 Å². The first-order chi connectivity index (χ1) is 8.04. The van der Waals surface area contributed by atoms with Gasteiger partial charge >= 0.3 is 0 Å². The van der Waals surface area contributed by atoms with E-state index in [1.807, 2.05) is 32.0 Å². The summed E-state index contributed by atoms with van der Waals surface area (Å²) in [6.45, 7) is 6.15. The van der Waals surface area contributed by atoms with Crippen LogP contribution in [0.5, 0.6) is 5.75 Å². The van der Waals surface area contributed by atoms with Crippen LogP contribution in [0.15, 0.2) is 18.2 Å². The van der Waals surface area contributed by atoms with Crippen LogP contribution in [-0.4, -0.2) is 24.6 Å². The summed E-state index contributed by atoms with van der Waals surface area (Å²) >= 11 is 0. The Labute approximate surface area is 101 Å². The van der Waals surface area contributed by atoms with Crippen molar-refractivity contribution < 1.29 is 9.53 Å². The van der Waals surface area contributed by atoms with Crippen LogP contribution in [0.4, 0.5) is 5.69 Å². The number of carbonyl (C=O) groups is 1. The molecule has 4 heteroatoms. The number of hydrogen-bond donors (Lipinski definition) is 1. The molecule has 2 unspecified atom stereocenters. The Bertz CT molecular complexity index is 445. The van der Waals surface area contributed by atoms with Gasteiger partial charge in [0.05, 0.1) is 5.69 Å². The van der Waals surface area contributed by atoms with E-state index in [9.17, 15) is 4.79 Å². The molecule has 1 aliphatic rings. The average molecular weight is 234 g/mol. The van der Waals surface area contributed by atoms with Crippen LogP contribution in [0.25, 0.3) is 0 Å². The van der Waals surface area contributed by atoms with Crippen LogP contribution in [-0.2, 0) is 4.79 Å². The third kappa shape index (κ3) is 2.00. The normalized spacial score (nSPS) is 20.8. The molecule has 0 saturated heterocycles. The van der Waals surface area contributed by atoms with Gasteiger partial charge in [-0.3, -0.25) is 4.79 Å². The first-order valence-electron chi connectivity index (χ1n) is 5.85. The van der Waals surface area contributed by atoms with E-state index in [-0.39, 0.29) is 11.9 Å². The number of nitrogens with zero attached hydrogens (tertiary/aromatic N) is 1. The van der Waals surface area contributed by atoms with Crippen molar-refractivity contribution in [3.8, 4) is 5.75 Å². The average Bonchev–Trinajstić information content (AvgIpc) is 2.30. The number of hydrogen-bond acceptors (Lipinski definition) is 3. The highest BCUT2D eigenvalue weighted by molar-refractivity contribution is 6.00. The van der Waals surface area contributed by atoms with E-state index in [1.54, 1.807) is 11.8 Å². The molecular formula is C13H18N2O2. The second kappa shape index (κ2) is 4.37. The van der Waals surface area contributed by atoms with Crippen molar-refractivity contribution in [2.24, 2.45) is 5.73 Å². The summed E-state index contributed by atoms with van der Waals surface area (Å²) in [5.74, 6) is 0.733. The van der Waals surface area contributed by atoms with Gasteiger partial charge in [0.25, 0.3) is 5.91 Å². The summed E-state index contributed by atoms with van der Waals surface area (Å²) < 4.78 is 5.62. The maximum atomic E-state index is 12.1. The van der Waals surface area contributed by atoms with E-state index < -0.39 is 6.10 Å². The van der Waals surface area contributed by atoms with Crippen molar-refractivity contribution in [1.29, 1.82) is 0 Å². The fourth-order valence-corrected chi connectivity index (χ4v) is 2.03. The van der Waals surface area contributed by atoms with E-state index in [4.69, 9.17) is 10.5 Å². The number of fused-ring (bicyclic) bond motifs is 1. The van der Waals surface area contributed by atoms with E-state index in [2.05, 4.69) is 0 Å². The molecule has 1 aliphatic heterocycles. The minimum Gasteiger partial charge on any atom is -0.479 e. The van der Waals surface area contributed by atoms with Crippen LogP contribution < -0.4 is 15.4 Å². The zero-order valence-corrected chi connectivity index (χ0v) is 10.4. The van der Waals surface area contributed by atoms with Gasteiger partial charge in [0, 0.05) is 12.6 Å². The minimum absolute atomic E-state index is 0.0182. The Morgan fingerprint density at radius 3 is 2.88 bits per heavy atom. The zero-order valence-electron chi connectivity index (χ0n) is 10.4. The van der Waals surface area contributed by atoms with E-state index in [0.29, 0.717) is 6.54 Å². The first kappa shape index (κ1) is 11.9. The molecule has 92 valence electrons. The molecule has 2 rings (SSSR count). The van der Waals surface area contributed by atoms with Crippen molar-refractivity contribution in [2.45, 2.75) is 32.9 Å². The van der Waals surface area contributed by atoms with Crippen LogP contribution in [0.3, 0.4) is 0 Å². The molecule has 0 aliphatic carbocycles. The predicted octanol–water partition coefficient (Wildman–Crippen LogP) is 1.46. The van der Waals surface area contributed by atoms with Crippen LogP contribution in [0.1, 0.15) is 19.4 Å². The standard InChI is InChI=1S/C13H18N2O2/c1-8-4-5-11-12(6-8)17-10(3)13(16)15(11)9(2)7-14/h4-6,9-10H,7,14H2,1-3H3. The monoisotopic (exact) mass is 234 g/mol. The highest BCUT2D eigenvalue weighted by Crippen LogP contribution is 2.35. The van der Waals surface area contributed by atoms with Gasteiger partial charge < -0.3 is 15.4 Å². The number of nitrogens with two attached hydrogens (primary N) is 1. The molecule has 0 bridgehead atoms. The molecular weight excluding hydrogens is 216 g/mol. The summed E-state index contributed by atoms with van der Waals surface area (Å²) in [6.07, 6.45) is -0.446. The topological polar surface area (TPSA) is 55.6 Å². The molecule has 2 atom stereocenters. The summed E-state index contributed by atoms with van der Waals surface area (Å²) in [5, 5.41) is 0. The fraction of sp³-hybridized carbons (Fsp3) is 0.462. The van der Waals surface area contributed by atoms with E-state index in [1.165, 1.54) is 0 Å². The van der Waals surface area contributed by atoms with Crippen molar-refractivity contribution >= 4 is 11.6 Å². The lowest BCUT2D eigenvalue weighted by Crippen LogP contribution is -2.51. The largest absolute Gasteiger partial charge is 0.479 e. The Hall–Kier alpha value is -1.55. The Morgan fingerprint density at radius 2 is 2.24 bits per heavy atom. The van der Waals surface area contributed by atoms with Crippen molar-refractivity contribution in [3.05, 3.63) is 23.8 Å². The third-order valence-electron chi connectivity index (χ3n) is 3.05. The molecule has 1 aromatic carbocycles. The fourth-order valence-electron chi connectivity index (χ4n) is 2.03. The lowest BCUT2D eigenvalue weighted by atomic mass is 10.1. The molecule has 0 radical (unpaired) electrons. The molecule has 0 saturated carbocycles. The highest BCUT2D eigenvalue weighted by Gasteiger charge is 2.33. The highest BCUT2D eigenvalue weighted by atomic mass is 16.5. The third-order valence-corrected chi connectivity index (χ3v) is 3.05. The van der Waals surface area contributed by atoms with Gasteiger partial charge in [-0.2, -0.15) is 0 Å². The Balaban J connectivity index is 2.49. The maximum absolute atomic E-state index is 12.1. The summed E-state index contributed by atoms with van der Waals surface area (Å²) in [5.41, 5.74) is 7.60. The van der Waals surface area contributed by atoms with Crippen LogP contribution in [0, 0.1) is 6.92 Å². The van der Waals surface area contributed by atoms with Crippen molar-refractivity contribution in [3.63, 3.8) is 0 Å². The molecule has 2 N–H and O–H groups in total. The number of benzene rings is 1. The molecule has 0 spiro atoms. The molecule has 1 amide bonds. The minimum atomic E-state index is -0.446. The number of amides is 1. The van der Waals surface area contributed by atoms with E-state index in [0.717, 1.165) is 17.0 Å². The lowest BCUT2D eigenvalue weighted by Gasteiger charge is -2.36. The second-order valence-corrected chi connectivity index (χ2v) is 4.52.